The van der Waals surface area contributed by atoms with Crippen molar-refractivity contribution in [2.45, 2.75) is 50.9 Å². The number of likely N-dealkylation sites (tertiary alicyclic amines) is 1. The molecule has 1 amide bonds. The summed E-state index contributed by atoms with van der Waals surface area (Å²) in [6, 6.07) is 14.5. The molecular weight excluding hydrogens is 665 g/mol. The summed E-state index contributed by atoms with van der Waals surface area (Å²) in [6.07, 6.45) is 6.79. The van der Waals surface area contributed by atoms with Gasteiger partial charge in [0.05, 0.1) is 67.2 Å². The molecule has 2 aromatic heterocycles. The summed E-state index contributed by atoms with van der Waals surface area (Å²) in [7, 11) is 4.87. The fourth-order valence-corrected chi connectivity index (χ4v) is 6.80. The lowest BCUT2D eigenvalue weighted by Crippen LogP contribution is -2.32. The number of benzene rings is 2. The minimum absolute atomic E-state index is 0.0187. The van der Waals surface area contributed by atoms with E-state index < -0.39 is 0 Å². The standard InChI is InChI=1S/C36H37Cl2N7O4/c1-47-21-23-7-6-16-45(23)20-31-36(49-3)44-29(19-41-31)27-11-5-9-25(34(27)38)24-8-4-10-26(33(24)37)28-18-40-30(35(43-28)48-2)17-39-15-14-22-12-13-32(46)42-22/h4-5,8-11,18-19,22-23,39H,6-7,12-13,16-17,20-21H2,1-3H3,(H,42,46)/t22?,23-/m1/s1. The number of hydrogen-bond acceptors (Lipinski definition) is 10. The first-order valence-electron chi connectivity index (χ1n) is 16.0. The lowest BCUT2D eigenvalue weighted by atomic mass is 9.98. The third-order valence-electron chi connectivity index (χ3n) is 8.65. The SMILES string of the molecule is COC[C@H]1CCCN1Cc1ncc(-c2cccc(-c3cccc(-c4cnc(CNC#CC5CCC(=O)N5)c(OC)n4)c3Cl)c2Cl)nc1OC. The van der Waals surface area contributed by atoms with Crippen molar-refractivity contribution in [1.29, 1.82) is 0 Å². The molecule has 2 aliphatic heterocycles. The number of methoxy groups -OCH3 is 3. The Labute approximate surface area is 295 Å². The predicted molar refractivity (Wildman–Crippen MR) is 188 cm³/mol. The van der Waals surface area contributed by atoms with Gasteiger partial charge in [-0.3, -0.25) is 19.7 Å². The Morgan fingerprint density at radius 1 is 0.898 bits per heavy atom. The van der Waals surface area contributed by atoms with E-state index in [0.29, 0.717) is 88.6 Å². The third-order valence-corrected chi connectivity index (χ3v) is 9.46. The number of aromatic nitrogens is 4. The zero-order valence-electron chi connectivity index (χ0n) is 27.6. The molecule has 49 heavy (non-hydrogen) atoms. The molecule has 0 spiro atoms. The lowest BCUT2D eigenvalue weighted by Gasteiger charge is -2.24. The quantitative estimate of drug-likeness (QED) is 0.152. The molecule has 254 valence electrons. The highest BCUT2D eigenvalue weighted by molar-refractivity contribution is 6.39. The molecule has 11 nitrogen and oxygen atoms in total. The number of ether oxygens (including phenoxy) is 3. The number of amides is 1. The molecule has 0 saturated carbocycles. The van der Waals surface area contributed by atoms with E-state index >= 15 is 0 Å². The molecule has 2 N–H and O–H groups in total. The van der Waals surface area contributed by atoms with Gasteiger partial charge in [0.15, 0.2) is 0 Å². The van der Waals surface area contributed by atoms with Gasteiger partial charge in [-0.25, -0.2) is 9.97 Å². The Bertz CT molecular complexity index is 1900. The fourth-order valence-electron chi connectivity index (χ4n) is 6.15. The largest absolute Gasteiger partial charge is 0.480 e. The number of halogens is 2. The molecule has 0 bridgehead atoms. The van der Waals surface area contributed by atoms with E-state index in [1.807, 2.05) is 36.4 Å². The van der Waals surface area contributed by atoms with Crippen LogP contribution in [0.15, 0.2) is 48.8 Å². The van der Waals surface area contributed by atoms with E-state index in [9.17, 15) is 4.79 Å². The normalized spacial score (nSPS) is 17.4. The Hall–Kier alpha value is -4.47. The van der Waals surface area contributed by atoms with Gasteiger partial charge in [0.2, 0.25) is 17.7 Å². The van der Waals surface area contributed by atoms with E-state index in [1.54, 1.807) is 26.6 Å². The predicted octanol–water partition coefficient (Wildman–Crippen LogP) is 5.53. The van der Waals surface area contributed by atoms with Crippen LogP contribution < -0.4 is 20.1 Å². The average molecular weight is 703 g/mol. The van der Waals surface area contributed by atoms with Crippen LogP contribution in [0.3, 0.4) is 0 Å². The second-order valence-electron chi connectivity index (χ2n) is 11.8. The van der Waals surface area contributed by atoms with Gasteiger partial charge in [-0.05, 0) is 25.8 Å². The summed E-state index contributed by atoms with van der Waals surface area (Å²) in [5.74, 6) is 3.83. The number of nitrogens with zero attached hydrogens (tertiary/aromatic N) is 5. The van der Waals surface area contributed by atoms with Crippen LogP contribution in [0.4, 0.5) is 0 Å². The van der Waals surface area contributed by atoms with Crippen LogP contribution in [0.25, 0.3) is 33.6 Å². The average Bonchev–Trinajstić information content (AvgIpc) is 3.75. The van der Waals surface area contributed by atoms with Crippen LogP contribution in [-0.4, -0.2) is 77.3 Å². The van der Waals surface area contributed by atoms with Crippen LogP contribution in [0.1, 0.15) is 37.1 Å². The van der Waals surface area contributed by atoms with Gasteiger partial charge >= 0.3 is 0 Å². The molecule has 2 aromatic carbocycles. The molecule has 2 fully saturated rings. The number of hydrogen-bond donors (Lipinski definition) is 2. The minimum atomic E-state index is -0.144. The van der Waals surface area contributed by atoms with Crippen LogP contribution in [-0.2, 0) is 22.6 Å². The van der Waals surface area contributed by atoms with Gasteiger partial charge in [0.1, 0.15) is 11.4 Å². The first-order valence-corrected chi connectivity index (χ1v) is 16.8. The minimum Gasteiger partial charge on any atom is -0.480 e. The number of rotatable bonds is 11. The van der Waals surface area contributed by atoms with Crippen LogP contribution >= 0.6 is 23.2 Å². The van der Waals surface area contributed by atoms with Crippen molar-refractivity contribution < 1.29 is 19.0 Å². The molecule has 1 unspecified atom stereocenters. The van der Waals surface area contributed by atoms with E-state index in [-0.39, 0.29) is 11.9 Å². The molecule has 2 atom stereocenters. The van der Waals surface area contributed by atoms with Gasteiger partial charge in [0.25, 0.3) is 0 Å². The molecule has 2 saturated heterocycles. The molecule has 0 aliphatic carbocycles. The maximum atomic E-state index is 11.4. The monoisotopic (exact) mass is 701 g/mol. The molecule has 0 radical (unpaired) electrons. The second-order valence-corrected chi connectivity index (χ2v) is 12.5. The highest BCUT2D eigenvalue weighted by atomic mass is 35.5. The van der Waals surface area contributed by atoms with Crippen molar-refractivity contribution in [2.75, 3.05) is 34.5 Å². The van der Waals surface area contributed by atoms with Crippen LogP contribution in [0.5, 0.6) is 11.8 Å². The highest BCUT2D eigenvalue weighted by Crippen LogP contribution is 2.42. The maximum Gasteiger partial charge on any atom is 0.237 e. The molecule has 2 aliphatic rings. The number of carbonyl (C=O) groups excluding carboxylic acids is 1. The second kappa shape index (κ2) is 15.8. The number of carbonyl (C=O) groups is 1. The van der Waals surface area contributed by atoms with Crippen molar-refractivity contribution in [2.24, 2.45) is 0 Å². The Kier molecular flexibility index (Phi) is 11.1. The summed E-state index contributed by atoms with van der Waals surface area (Å²) in [4.78, 5) is 32.6. The zero-order chi connectivity index (χ0) is 34.3. The topological polar surface area (TPSA) is 124 Å². The van der Waals surface area contributed by atoms with Crippen molar-refractivity contribution in [1.82, 2.24) is 35.5 Å². The first-order chi connectivity index (χ1) is 23.9. The van der Waals surface area contributed by atoms with E-state index in [4.69, 9.17) is 52.4 Å². The van der Waals surface area contributed by atoms with E-state index in [2.05, 4.69) is 32.5 Å². The van der Waals surface area contributed by atoms with Crippen molar-refractivity contribution in [3.63, 3.8) is 0 Å². The maximum absolute atomic E-state index is 11.4. The Morgan fingerprint density at radius 2 is 1.51 bits per heavy atom. The Morgan fingerprint density at radius 3 is 2.10 bits per heavy atom. The van der Waals surface area contributed by atoms with Gasteiger partial charge in [-0.2, -0.15) is 0 Å². The van der Waals surface area contributed by atoms with Gasteiger partial charge in [-0.15, -0.1) is 0 Å². The summed E-state index contributed by atoms with van der Waals surface area (Å²) >= 11 is 14.1. The van der Waals surface area contributed by atoms with Gasteiger partial charge in [-0.1, -0.05) is 65.5 Å². The summed E-state index contributed by atoms with van der Waals surface area (Å²) < 4.78 is 16.7. The van der Waals surface area contributed by atoms with Crippen molar-refractivity contribution in [3.8, 4) is 57.4 Å². The molecule has 6 rings (SSSR count). The molecular formula is C36H37Cl2N7O4. The van der Waals surface area contributed by atoms with Gasteiger partial charge in [0, 0.05) is 54.4 Å². The molecule has 13 heteroatoms. The van der Waals surface area contributed by atoms with E-state index in [0.717, 1.165) is 36.2 Å². The number of nitrogens with one attached hydrogen (secondary N) is 2. The Balaban J connectivity index is 1.23. The van der Waals surface area contributed by atoms with Crippen molar-refractivity contribution in [3.05, 3.63) is 70.2 Å². The van der Waals surface area contributed by atoms with Crippen LogP contribution in [0.2, 0.25) is 10.0 Å². The zero-order valence-corrected chi connectivity index (χ0v) is 29.1. The fraction of sp³-hybridized carbons (Fsp3) is 0.361. The summed E-state index contributed by atoms with van der Waals surface area (Å²) in [5.41, 5.74) is 5.30. The first kappa shape index (κ1) is 34.4. The van der Waals surface area contributed by atoms with Crippen molar-refractivity contribution >= 4 is 29.1 Å². The molecule has 4 aromatic rings. The summed E-state index contributed by atoms with van der Waals surface area (Å²) in [5, 5.41) is 6.78. The summed E-state index contributed by atoms with van der Waals surface area (Å²) in [6.45, 7) is 2.60. The third kappa shape index (κ3) is 7.73. The van der Waals surface area contributed by atoms with Gasteiger partial charge < -0.3 is 24.8 Å². The smallest absolute Gasteiger partial charge is 0.237 e. The van der Waals surface area contributed by atoms with E-state index in [1.165, 1.54) is 7.11 Å². The molecule has 4 heterocycles. The highest BCUT2D eigenvalue weighted by Gasteiger charge is 2.27. The lowest BCUT2D eigenvalue weighted by molar-refractivity contribution is -0.119. The van der Waals surface area contributed by atoms with Crippen LogP contribution in [0, 0.1) is 12.0 Å².